The second kappa shape index (κ2) is 7.41. The van der Waals surface area contributed by atoms with Gasteiger partial charge < -0.3 is 10.1 Å². The van der Waals surface area contributed by atoms with E-state index in [1.807, 2.05) is 0 Å². The normalized spacial score (nSPS) is 15.0. The highest BCUT2D eigenvalue weighted by molar-refractivity contribution is 5.35. The Labute approximate surface area is 140 Å². The van der Waals surface area contributed by atoms with Crippen molar-refractivity contribution in [2.75, 3.05) is 13.1 Å². The average Bonchev–Trinajstić information content (AvgIpc) is 2.62. The van der Waals surface area contributed by atoms with Crippen molar-refractivity contribution in [3.05, 3.63) is 58.8 Å². The van der Waals surface area contributed by atoms with Crippen molar-refractivity contribution in [1.82, 2.24) is 10.3 Å². The molecule has 1 fully saturated rings. The predicted octanol–water partition coefficient (Wildman–Crippen LogP) is 3.39. The summed E-state index contributed by atoms with van der Waals surface area (Å²) in [6, 6.07) is 7.47. The molecule has 0 bridgehead atoms. The summed E-state index contributed by atoms with van der Waals surface area (Å²) < 4.78 is 33.3. The third-order valence-electron chi connectivity index (χ3n) is 4.18. The Morgan fingerprint density at radius 3 is 2.67 bits per heavy atom. The molecule has 3 nitrogen and oxygen atoms in total. The number of nitrogens with one attached hydrogen (secondary N) is 1. The highest BCUT2D eigenvalue weighted by atomic mass is 19.1. The van der Waals surface area contributed by atoms with Crippen LogP contribution in [0, 0.1) is 24.0 Å². The molecule has 0 unspecified atom stereocenters. The van der Waals surface area contributed by atoms with Crippen molar-refractivity contribution < 1.29 is 13.5 Å². The number of nitrogens with zero attached hydrogens (tertiary/aromatic N) is 1. The molecular formula is C19H18F2N2O. The smallest absolute Gasteiger partial charge is 0.250 e. The summed E-state index contributed by atoms with van der Waals surface area (Å²) in [4.78, 5) is 4.29. The van der Waals surface area contributed by atoms with Crippen molar-refractivity contribution in [1.29, 1.82) is 0 Å². The fraction of sp³-hybridized carbons (Fsp3) is 0.316. The van der Waals surface area contributed by atoms with Gasteiger partial charge in [0.15, 0.2) is 5.82 Å². The molecule has 1 aromatic heterocycles. The first-order valence-corrected chi connectivity index (χ1v) is 7.92. The number of aromatic nitrogens is 1. The molecule has 1 saturated heterocycles. The van der Waals surface area contributed by atoms with Gasteiger partial charge in [0.1, 0.15) is 12.4 Å². The Hall–Kier alpha value is -2.45. The Morgan fingerprint density at radius 2 is 1.96 bits per heavy atom. The molecule has 1 N–H and O–H groups in total. The van der Waals surface area contributed by atoms with Crippen LogP contribution in [-0.4, -0.2) is 18.1 Å². The summed E-state index contributed by atoms with van der Waals surface area (Å²) >= 11 is 0. The summed E-state index contributed by atoms with van der Waals surface area (Å²) in [5, 5.41) is 3.28. The predicted molar refractivity (Wildman–Crippen MR) is 87.7 cm³/mol. The van der Waals surface area contributed by atoms with Crippen molar-refractivity contribution in [3.63, 3.8) is 0 Å². The van der Waals surface area contributed by atoms with Crippen molar-refractivity contribution in [2.45, 2.75) is 25.4 Å². The van der Waals surface area contributed by atoms with Gasteiger partial charge in [0.05, 0.1) is 0 Å². The lowest BCUT2D eigenvalue weighted by molar-refractivity contribution is 0.270. The van der Waals surface area contributed by atoms with E-state index in [9.17, 15) is 8.78 Å². The molecule has 0 atom stereocenters. The van der Waals surface area contributed by atoms with Gasteiger partial charge in [-0.1, -0.05) is 12.0 Å². The lowest BCUT2D eigenvalue weighted by Gasteiger charge is -2.22. The minimum atomic E-state index is -0.548. The van der Waals surface area contributed by atoms with E-state index in [4.69, 9.17) is 11.2 Å². The second-order valence-electron chi connectivity index (χ2n) is 5.79. The fourth-order valence-corrected chi connectivity index (χ4v) is 2.78. The van der Waals surface area contributed by atoms with Gasteiger partial charge in [-0.3, -0.25) is 0 Å². The second-order valence-corrected chi connectivity index (χ2v) is 5.79. The van der Waals surface area contributed by atoms with Crippen molar-refractivity contribution in [3.8, 4) is 18.2 Å². The van der Waals surface area contributed by atoms with Crippen LogP contribution in [0.1, 0.15) is 35.6 Å². The molecule has 124 valence electrons. The number of benzene rings is 1. The van der Waals surface area contributed by atoms with Crippen molar-refractivity contribution >= 4 is 0 Å². The minimum absolute atomic E-state index is 0.0912. The van der Waals surface area contributed by atoms with E-state index < -0.39 is 11.6 Å². The molecule has 1 aromatic carbocycles. The maximum Gasteiger partial charge on any atom is 0.250 e. The van der Waals surface area contributed by atoms with E-state index in [0.717, 1.165) is 31.6 Å². The van der Waals surface area contributed by atoms with Gasteiger partial charge in [0.2, 0.25) is 0 Å². The quantitative estimate of drug-likeness (QED) is 0.874. The topological polar surface area (TPSA) is 34.1 Å². The van der Waals surface area contributed by atoms with Crippen molar-refractivity contribution in [2.24, 2.45) is 0 Å². The maximum atomic E-state index is 13.9. The van der Waals surface area contributed by atoms with E-state index in [0.29, 0.717) is 17.0 Å². The van der Waals surface area contributed by atoms with E-state index in [-0.39, 0.29) is 12.5 Å². The van der Waals surface area contributed by atoms with E-state index >= 15 is 0 Å². The zero-order valence-corrected chi connectivity index (χ0v) is 13.2. The number of piperidine rings is 1. The number of halogens is 2. The summed E-state index contributed by atoms with van der Waals surface area (Å²) in [6.07, 6.45) is 7.15. The average molecular weight is 328 g/mol. The Balaban J connectivity index is 1.74. The first-order valence-electron chi connectivity index (χ1n) is 7.92. The molecular weight excluding hydrogens is 310 g/mol. The van der Waals surface area contributed by atoms with Crippen LogP contribution in [0.2, 0.25) is 0 Å². The SMILES string of the molecule is C#Cc1ccc(COc2nc(C3CCNCC3)ccc2F)c(F)c1. The summed E-state index contributed by atoms with van der Waals surface area (Å²) in [7, 11) is 0. The van der Waals surface area contributed by atoms with Crippen LogP contribution < -0.4 is 10.1 Å². The Morgan fingerprint density at radius 1 is 1.17 bits per heavy atom. The zero-order valence-electron chi connectivity index (χ0n) is 13.2. The highest BCUT2D eigenvalue weighted by Crippen LogP contribution is 2.26. The van der Waals surface area contributed by atoms with Crippen LogP contribution in [0.3, 0.4) is 0 Å². The van der Waals surface area contributed by atoms with Gasteiger partial charge in [0.25, 0.3) is 5.88 Å². The number of ether oxygens (including phenoxy) is 1. The third kappa shape index (κ3) is 3.72. The molecule has 0 aliphatic carbocycles. The monoisotopic (exact) mass is 328 g/mol. The lowest BCUT2D eigenvalue weighted by atomic mass is 9.94. The first kappa shape index (κ1) is 16.4. The van der Waals surface area contributed by atoms with Crippen LogP contribution in [0.5, 0.6) is 5.88 Å². The van der Waals surface area contributed by atoms with E-state index in [1.54, 1.807) is 18.2 Å². The standard InChI is InChI=1S/C19H18F2N2O/c1-2-13-3-4-15(17(21)11-13)12-24-19-16(20)5-6-18(23-19)14-7-9-22-10-8-14/h1,3-6,11,14,22H,7-10,12H2. The van der Waals surface area contributed by atoms with E-state index in [2.05, 4.69) is 16.2 Å². The van der Waals surface area contributed by atoms with Crippen LogP contribution in [0.25, 0.3) is 0 Å². The molecule has 0 amide bonds. The van der Waals surface area contributed by atoms with Gasteiger partial charge in [-0.15, -0.1) is 6.42 Å². The summed E-state index contributed by atoms with van der Waals surface area (Å²) in [5.41, 5.74) is 1.58. The number of terminal acetylenes is 1. The van der Waals surface area contributed by atoms with Crippen LogP contribution in [0.15, 0.2) is 30.3 Å². The van der Waals surface area contributed by atoms with Gasteiger partial charge in [-0.2, -0.15) is 0 Å². The molecule has 2 heterocycles. The van der Waals surface area contributed by atoms with E-state index in [1.165, 1.54) is 12.1 Å². The number of hydrogen-bond donors (Lipinski definition) is 1. The molecule has 24 heavy (non-hydrogen) atoms. The Bertz CT molecular complexity index is 764. The van der Waals surface area contributed by atoms with Gasteiger partial charge in [-0.25, -0.2) is 13.8 Å². The zero-order chi connectivity index (χ0) is 16.9. The highest BCUT2D eigenvalue weighted by Gasteiger charge is 2.18. The van der Waals surface area contributed by atoms with Gasteiger partial charge in [0, 0.05) is 22.7 Å². The number of rotatable bonds is 4. The summed E-state index contributed by atoms with van der Waals surface area (Å²) in [6.45, 7) is 1.75. The third-order valence-corrected chi connectivity index (χ3v) is 4.18. The molecule has 3 rings (SSSR count). The maximum absolute atomic E-state index is 13.9. The molecule has 0 radical (unpaired) electrons. The molecule has 0 saturated carbocycles. The number of pyridine rings is 1. The molecule has 1 aliphatic rings. The lowest BCUT2D eigenvalue weighted by Crippen LogP contribution is -2.27. The minimum Gasteiger partial charge on any atom is -0.471 e. The van der Waals surface area contributed by atoms with Gasteiger partial charge in [-0.05, 0) is 50.2 Å². The number of hydrogen-bond acceptors (Lipinski definition) is 3. The molecule has 1 aliphatic heterocycles. The molecule has 0 spiro atoms. The Kier molecular flexibility index (Phi) is 5.07. The van der Waals surface area contributed by atoms with Gasteiger partial charge >= 0.3 is 0 Å². The van der Waals surface area contributed by atoms with Crippen LogP contribution >= 0.6 is 0 Å². The summed E-state index contributed by atoms with van der Waals surface area (Å²) in [5.74, 6) is 1.54. The first-order chi connectivity index (χ1) is 11.7. The molecule has 2 aromatic rings. The van der Waals surface area contributed by atoms with Crippen LogP contribution in [-0.2, 0) is 6.61 Å². The molecule has 5 heteroatoms. The fourth-order valence-electron chi connectivity index (χ4n) is 2.78. The van der Waals surface area contributed by atoms with Crippen LogP contribution in [0.4, 0.5) is 8.78 Å². The largest absolute Gasteiger partial charge is 0.471 e.